The van der Waals surface area contributed by atoms with Gasteiger partial charge in [-0.2, -0.15) is 0 Å². The second-order valence-electron chi connectivity index (χ2n) is 38.3. The Kier molecular flexibility index (Phi) is 15.7. The fourth-order valence-electron chi connectivity index (χ4n) is 25.7. The van der Waals surface area contributed by atoms with E-state index in [4.69, 9.17) is 0 Å². The molecule has 4 heterocycles. The highest BCUT2D eigenvalue weighted by atomic mass is 15.3. The average Bonchev–Trinajstić information content (AvgIpc) is 1.56. The molecule has 7 unspecified atom stereocenters. The summed E-state index contributed by atoms with van der Waals surface area (Å²) in [5.41, 5.74) is 26.1. The maximum atomic E-state index is 2.81. The van der Waals surface area contributed by atoms with Crippen molar-refractivity contribution in [3.05, 3.63) is 301 Å². The molecule has 16 aromatic rings. The maximum absolute atomic E-state index is 2.81. The lowest BCUT2D eigenvalue weighted by Crippen LogP contribution is -2.54. The van der Waals surface area contributed by atoms with Crippen LogP contribution in [-0.2, 0) is 21.7 Å². The molecule has 16 aromatic carbocycles. The second-order valence-corrected chi connectivity index (χ2v) is 38.3. The first-order valence-corrected chi connectivity index (χ1v) is 44.5. The molecule has 0 N–H and O–H groups in total. The molecule has 578 valence electrons. The molecule has 0 radical (unpaired) electrons. The second kappa shape index (κ2) is 25.9. The van der Waals surface area contributed by atoms with Crippen molar-refractivity contribution in [3.8, 4) is 44.5 Å². The summed E-state index contributed by atoms with van der Waals surface area (Å²) in [7, 11) is 0. The van der Waals surface area contributed by atoms with Crippen LogP contribution in [0.1, 0.15) is 187 Å². The van der Waals surface area contributed by atoms with E-state index in [0.29, 0.717) is 0 Å². The SMILES string of the molecule is CCCCCCC1(C)CN(c2cccc3ccccc23)c2ccc(-c3cc(-c4ccc5c(c4)C4(C)CCCCC4(C)N5c4cccc5ccccc45)c4ccc5c(-c6ccc7c(c6)C6(C)CCCCC6(C)N7c6cccc7ccccc67)cc(-c6ccc7c(c6)C6(C)CCCCC6(C)N7c6cccc7ccccc67)c6ccc3c4c65)cc21. The zero-order chi connectivity index (χ0) is 78.7. The number of hydrogen-bond donors (Lipinski definition) is 0. The van der Waals surface area contributed by atoms with Gasteiger partial charge in [-0.1, -0.05) is 293 Å². The minimum atomic E-state index is -0.137. The Hall–Kier alpha value is -11.2. The highest BCUT2D eigenvalue weighted by Crippen LogP contribution is 2.67. The molecule has 0 saturated heterocycles. The van der Waals surface area contributed by atoms with Crippen LogP contribution < -0.4 is 19.6 Å². The molecule has 117 heavy (non-hydrogen) atoms. The average molecular weight is 1520 g/mol. The van der Waals surface area contributed by atoms with Crippen molar-refractivity contribution in [1.82, 2.24) is 0 Å². The van der Waals surface area contributed by atoms with Gasteiger partial charge >= 0.3 is 0 Å². The summed E-state index contributed by atoms with van der Waals surface area (Å²) in [6.07, 6.45) is 20.2. The first-order chi connectivity index (χ1) is 57.0. The minimum absolute atomic E-state index is 0.0910. The summed E-state index contributed by atoms with van der Waals surface area (Å²) in [6, 6.07) is 111. The molecule has 3 saturated carbocycles. The van der Waals surface area contributed by atoms with E-state index in [9.17, 15) is 0 Å². The Morgan fingerprint density at radius 3 is 0.923 bits per heavy atom. The molecule has 4 aliphatic heterocycles. The normalized spacial score (nSPS) is 24.5. The number of nitrogens with zero attached hydrogens (tertiary/aromatic N) is 4. The summed E-state index contributed by atoms with van der Waals surface area (Å²) in [5.74, 6) is 0. The molecule has 7 aliphatic rings. The van der Waals surface area contributed by atoms with Gasteiger partial charge in [0, 0.05) is 95.2 Å². The van der Waals surface area contributed by atoms with Crippen molar-refractivity contribution < 1.29 is 0 Å². The molecule has 4 heteroatoms. The van der Waals surface area contributed by atoms with Gasteiger partial charge in [-0.05, 0) is 271 Å². The maximum Gasteiger partial charge on any atom is 0.0518 e. The van der Waals surface area contributed by atoms with E-state index in [1.165, 1.54) is 252 Å². The summed E-state index contributed by atoms with van der Waals surface area (Å²) < 4.78 is 0. The van der Waals surface area contributed by atoms with Gasteiger partial charge in [-0.15, -0.1) is 0 Å². The number of hydrogen-bond acceptors (Lipinski definition) is 4. The van der Waals surface area contributed by atoms with Crippen molar-refractivity contribution in [2.75, 3.05) is 26.1 Å². The van der Waals surface area contributed by atoms with Crippen LogP contribution in [0.25, 0.3) is 120 Å². The van der Waals surface area contributed by atoms with Crippen molar-refractivity contribution in [2.45, 2.75) is 203 Å². The first kappa shape index (κ1) is 71.1. The molecule has 0 spiro atoms. The summed E-state index contributed by atoms with van der Waals surface area (Å²) in [4.78, 5) is 11.1. The fourth-order valence-corrected chi connectivity index (χ4v) is 25.7. The third-order valence-electron chi connectivity index (χ3n) is 32.6. The van der Waals surface area contributed by atoms with Gasteiger partial charge in [0.2, 0.25) is 0 Å². The smallest absolute Gasteiger partial charge is 0.0518 e. The molecule has 7 atom stereocenters. The van der Waals surface area contributed by atoms with Crippen LogP contribution in [0, 0.1) is 0 Å². The number of fused-ring (bicyclic) bond motifs is 14. The van der Waals surface area contributed by atoms with E-state index in [1.807, 2.05) is 0 Å². The Balaban J connectivity index is 0.799. The third kappa shape index (κ3) is 9.88. The van der Waals surface area contributed by atoms with Crippen LogP contribution in [0.5, 0.6) is 0 Å². The monoisotopic (exact) mass is 1520 g/mol. The lowest BCUT2D eigenvalue weighted by Gasteiger charge is -2.50. The van der Waals surface area contributed by atoms with E-state index in [2.05, 4.69) is 354 Å². The van der Waals surface area contributed by atoms with Crippen LogP contribution in [-0.4, -0.2) is 23.2 Å². The molecule has 0 bridgehead atoms. The Morgan fingerprint density at radius 1 is 0.256 bits per heavy atom. The van der Waals surface area contributed by atoms with Crippen molar-refractivity contribution in [2.24, 2.45) is 0 Å². The first-order valence-electron chi connectivity index (χ1n) is 44.5. The van der Waals surface area contributed by atoms with Gasteiger partial charge in [-0.25, -0.2) is 0 Å². The summed E-state index contributed by atoms with van der Waals surface area (Å²) >= 11 is 0. The Morgan fingerprint density at radius 2 is 0.564 bits per heavy atom. The van der Waals surface area contributed by atoms with E-state index >= 15 is 0 Å². The van der Waals surface area contributed by atoms with Gasteiger partial charge in [-0.3, -0.25) is 0 Å². The highest BCUT2D eigenvalue weighted by Gasteiger charge is 2.61. The topological polar surface area (TPSA) is 13.0 Å². The van der Waals surface area contributed by atoms with Gasteiger partial charge in [0.1, 0.15) is 0 Å². The Bertz CT molecular complexity index is 6610. The molecule has 4 nitrogen and oxygen atoms in total. The van der Waals surface area contributed by atoms with Crippen molar-refractivity contribution in [3.63, 3.8) is 0 Å². The third-order valence-corrected chi connectivity index (χ3v) is 32.6. The summed E-state index contributed by atoms with van der Waals surface area (Å²) in [6.45, 7) is 21.6. The Labute approximate surface area is 691 Å². The molecule has 3 aliphatic carbocycles. The number of rotatable bonds is 13. The van der Waals surface area contributed by atoms with E-state index in [-0.39, 0.29) is 38.3 Å². The minimum Gasteiger partial charge on any atom is -0.340 e. The quantitative estimate of drug-likeness (QED) is 0.0842. The van der Waals surface area contributed by atoms with Gasteiger partial charge in [0.25, 0.3) is 0 Å². The molecular weight excluding hydrogens is 1410 g/mol. The molecule has 3 fully saturated rings. The molecule has 0 aromatic heterocycles. The lowest BCUT2D eigenvalue weighted by molar-refractivity contribution is 0.195. The predicted octanol–water partition coefficient (Wildman–Crippen LogP) is 31.5. The molecular formula is C113H106N4. The number of anilines is 8. The zero-order valence-corrected chi connectivity index (χ0v) is 69.6. The fraction of sp³-hybridized carbons (Fsp3) is 0.292. The van der Waals surface area contributed by atoms with Crippen LogP contribution >= 0.6 is 0 Å². The lowest BCUT2D eigenvalue weighted by atomic mass is 9.61. The standard InChI is InChI=1S/C113H106N4/c1-9-10-11-20-59-107(2)72-114(97-43-27-35-73-31-12-16-39-81(73)97)101-55-47-77(66-93(101)107)89-70-90(78-48-56-102-94(67-78)108(3)60-21-24-63-111(108,6)115(102)98-44-28-36-74-32-13-17-40-82(74)98)86-53-54-88-92(80-50-58-104-96(69-80)110(5)62-23-26-65-113(110,8)117(104)100-46-30-38-76-34-15-19-42-84(76)100)71-91(87-52-51-85(89)105(86)106(87)88)79-49-57-103-95(68-79)109(4)61-22-25-64-112(109,7)116(103)99-45-29-37-75-33-14-18-41-83(75)99/h12-19,27-58,66-71H,9-11,20-26,59-65,72H2,1-8H3. The number of unbranched alkanes of at least 4 members (excludes halogenated alkanes) is 3. The van der Waals surface area contributed by atoms with E-state index < -0.39 is 0 Å². The van der Waals surface area contributed by atoms with Crippen molar-refractivity contribution in [1.29, 1.82) is 0 Å². The van der Waals surface area contributed by atoms with Crippen LogP contribution in [0.4, 0.5) is 45.5 Å². The highest BCUT2D eigenvalue weighted by molar-refractivity contribution is 6.32. The zero-order valence-electron chi connectivity index (χ0n) is 69.6. The molecule has 23 rings (SSSR count). The van der Waals surface area contributed by atoms with Crippen LogP contribution in [0.15, 0.2) is 279 Å². The number of benzene rings is 16. The van der Waals surface area contributed by atoms with E-state index in [0.717, 1.165) is 51.5 Å². The van der Waals surface area contributed by atoms with Gasteiger partial charge in [0.05, 0.1) is 16.6 Å². The van der Waals surface area contributed by atoms with Crippen LogP contribution in [0.3, 0.4) is 0 Å². The van der Waals surface area contributed by atoms with Crippen LogP contribution in [0.2, 0.25) is 0 Å². The van der Waals surface area contributed by atoms with Gasteiger partial charge in [0.15, 0.2) is 0 Å². The predicted molar refractivity (Wildman–Crippen MR) is 500 cm³/mol. The summed E-state index contributed by atoms with van der Waals surface area (Å²) in [5, 5.41) is 18.4. The van der Waals surface area contributed by atoms with E-state index in [1.54, 1.807) is 0 Å². The largest absolute Gasteiger partial charge is 0.340 e. The van der Waals surface area contributed by atoms with Crippen molar-refractivity contribution >= 4 is 121 Å². The van der Waals surface area contributed by atoms with Gasteiger partial charge < -0.3 is 19.6 Å². The molecule has 0 amide bonds.